The highest BCUT2D eigenvalue weighted by molar-refractivity contribution is 5.90. The van der Waals surface area contributed by atoms with Crippen LogP contribution in [0.3, 0.4) is 0 Å². The summed E-state index contributed by atoms with van der Waals surface area (Å²) in [6.45, 7) is 3.97. The second kappa shape index (κ2) is 5.53. The van der Waals surface area contributed by atoms with Gasteiger partial charge in [-0.15, -0.1) is 5.10 Å². The van der Waals surface area contributed by atoms with E-state index in [0.29, 0.717) is 12.0 Å². The molecule has 1 aliphatic rings. The van der Waals surface area contributed by atoms with E-state index < -0.39 is 0 Å². The maximum atomic E-state index is 5.41. The summed E-state index contributed by atoms with van der Waals surface area (Å²) in [6, 6.07) is 8.60. The van der Waals surface area contributed by atoms with E-state index in [4.69, 9.17) is 4.74 Å². The Morgan fingerprint density at radius 2 is 2.05 bits per heavy atom. The van der Waals surface area contributed by atoms with Crippen LogP contribution in [0.4, 0.5) is 5.82 Å². The fraction of sp³-hybridized carbons (Fsp3) is 0.467. The molecular weight excluding hydrogens is 238 g/mol. The second-order valence-electron chi connectivity index (χ2n) is 5.16. The first kappa shape index (κ1) is 12.4. The number of ether oxygens (including phenoxy) is 1. The Morgan fingerprint density at radius 1 is 1.26 bits per heavy atom. The average Bonchev–Trinajstić information content (AvgIpc) is 2.48. The Hall–Kier alpha value is -1.68. The van der Waals surface area contributed by atoms with Crippen molar-refractivity contribution in [1.82, 2.24) is 10.2 Å². The molecule has 2 aromatic rings. The predicted molar refractivity (Wildman–Crippen MR) is 76.2 cm³/mol. The minimum Gasteiger partial charge on any atom is -0.381 e. The van der Waals surface area contributed by atoms with Crippen LogP contribution in [0.25, 0.3) is 10.8 Å². The number of hydrogen-bond donors (Lipinski definition) is 1. The number of fused-ring (bicyclic) bond motifs is 1. The Bertz CT molecular complexity index is 547. The molecule has 0 amide bonds. The van der Waals surface area contributed by atoms with E-state index in [1.54, 1.807) is 6.20 Å². The van der Waals surface area contributed by atoms with Crippen molar-refractivity contribution in [3.63, 3.8) is 0 Å². The van der Waals surface area contributed by atoms with Gasteiger partial charge in [-0.25, -0.2) is 0 Å². The van der Waals surface area contributed by atoms with Crippen LogP contribution < -0.4 is 5.32 Å². The van der Waals surface area contributed by atoms with E-state index in [2.05, 4.69) is 34.6 Å². The van der Waals surface area contributed by atoms with Gasteiger partial charge in [0, 0.05) is 30.0 Å². The molecule has 0 spiro atoms. The summed E-state index contributed by atoms with van der Waals surface area (Å²) in [7, 11) is 0. The lowest BCUT2D eigenvalue weighted by Crippen LogP contribution is -2.31. The molecule has 1 fully saturated rings. The molecule has 1 aromatic heterocycles. The van der Waals surface area contributed by atoms with E-state index in [0.717, 1.165) is 42.6 Å². The Kier molecular flexibility index (Phi) is 3.60. The molecule has 1 atom stereocenters. The van der Waals surface area contributed by atoms with Crippen molar-refractivity contribution >= 4 is 16.6 Å². The largest absolute Gasteiger partial charge is 0.381 e. The Morgan fingerprint density at radius 3 is 2.89 bits per heavy atom. The Balaban J connectivity index is 1.80. The van der Waals surface area contributed by atoms with Crippen LogP contribution in [0, 0.1) is 5.92 Å². The zero-order valence-electron chi connectivity index (χ0n) is 11.2. The van der Waals surface area contributed by atoms with Crippen LogP contribution in [-0.2, 0) is 4.74 Å². The normalized spacial score (nSPS) is 18.4. The monoisotopic (exact) mass is 257 g/mol. The van der Waals surface area contributed by atoms with Crippen molar-refractivity contribution in [2.24, 2.45) is 5.92 Å². The van der Waals surface area contributed by atoms with E-state index >= 15 is 0 Å². The molecule has 0 saturated carbocycles. The predicted octanol–water partition coefficient (Wildman–Crippen LogP) is 2.86. The number of anilines is 1. The van der Waals surface area contributed by atoms with Gasteiger partial charge in [-0.3, -0.25) is 0 Å². The van der Waals surface area contributed by atoms with Crippen LogP contribution in [0.15, 0.2) is 30.5 Å². The van der Waals surface area contributed by atoms with E-state index in [9.17, 15) is 0 Å². The number of hydrogen-bond acceptors (Lipinski definition) is 4. The average molecular weight is 257 g/mol. The van der Waals surface area contributed by atoms with E-state index in [-0.39, 0.29) is 0 Å². The molecule has 1 unspecified atom stereocenters. The first-order chi connectivity index (χ1) is 9.34. The number of nitrogens with one attached hydrogen (secondary N) is 1. The molecule has 1 N–H and O–H groups in total. The summed E-state index contributed by atoms with van der Waals surface area (Å²) in [4.78, 5) is 0. The van der Waals surface area contributed by atoms with Gasteiger partial charge in [0.05, 0.1) is 6.20 Å². The number of benzene rings is 1. The smallest absolute Gasteiger partial charge is 0.156 e. The minimum absolute atomic E-state index is 0.393. The molecule has 0 radical (unpaired) electrons. The lowest BCUT2D eigenvalue weighted by atomic mass is 9.93. The molecule has 0 bridgehead atoms. The first-order valence-corrected chi connectivity index (χ1v) is 6.89. The second-order valence-corrected chi connectivity index (χ2v) is 5.16. The maximum absolute atomic E-state index is 5.41. The molecule has 0 aliphatic carbocycles. The number of aromatic nitrogens is 2. The van der Waals surface area contributed by atoms with Gasteiger partial charge >= 0.3 is 0 Å². The van der Waals surface area contributed by atoms with Gasteiger partial charge < -0.3 is 10.1 Å². The quantitative estimate of drug-likeness (QED) is 0.918. The highest BCUT2D eigenvalue weighted by atomic mass is 16.5. The molecule has 19 heavy (non-hydrogen) atoms. The number of rotatable bonds is 3. The van der Waals surface area contributed by atoms with Gasteiger partial charge in [-0.05, 0) is 25.7 Å². The third kappa shape index (κ3) is 2.68. The fourth-order valence-corrected chi connectivity index (χ4v) is 2.68. The summed E-state index contributed by atoms with van der Waals surface area (Å²) >= 11 is 0. The van der Waals surface area contributed by atoms with Crippen molar-refractivity contribution in [3.8, 4) is 0 Å². The van der Waals surface area contributed by atoms with Gasteiger partial charge in [0.25, 0.3) is 0 Å². The molecule has 4 nitrogen and oxygen atoms in total. The van der Waals surface area contributed by atoms with Crippen molar-refractivity contribution in [2.75, 3.05) is 18.5 Å². The van der Waals surface area contributed by atoms with Crippen LogP contribution in [0.5, 0.6) is 0 Å². The van der Waals surface area contributed by atoms with Gasteiger partial charge in [0.15, 0.2) is 5.82 Å². The van der Waals surface area contributed by atoms with Crippen molar-refractivity contribution in [3.05, 3.63) is 30.5 Å². The molecule has 1 aliphatic heterocycles. The van der Waals surface area contributed by atoms with Gasteiger partial charge in [0.2, 0.25) is 0 Å². The Labute approximate surface area is 113 Å². The molecule has 2 heterocycles. The molecule has 3 rings (SSSR count). The van der Waals surface area contributed by atoms with Gasteiger partial charge in [-0.1, -0.05) is 24.3 Å². The highest BCUT2D eigenvalue weighted by Gasteiger charge is 2.21. The SMILES string of the molecule is CC(Nc1nncc2ccccc12)C1CCOCC1. The van der Waals surface area contributed by atoms with Crippen molar-refractivity contribution in [2.45, 2.75) is 25.8 Å². The van der Waals surface area contributed by atoms with E-state index in [1.165, 1.54) is 0 Å². The molecule has 4 heteroatoms. The minimum atomic E-state index is 0.393. The third-order valence-corrected chi connectivity index (χ3v) is 3.91. The van der Waals surface area contributed by atoms with Gasteiger partial charge in [-0.2, -0.15) is 5.10 Å². The van der Waals surface area contributed by atoms with E-state index in [1.807, 2.05) is 12.1 Å². The summed E-state index contributed by atoms with van der Waals surface area (Å²) in [6.07, 6.45) is 4.04. The summed E-state index contributed by atoms with van der Waals surface area (Å²) < 4.78 is 5.41. The first-order valence-electron chi connectivity index (χ1n) is 6.89. The molecule has 1 aromatic carbocycles. The van der Waals surface area contributed by atoms with Crippen LogP contribution >= 0.6 is 0 Å². The summed E-state index contributed by atoms with van der Waals surface area (Å²) in [5.41, 5.74) is 0. The molecular formula is C15H19N3O. The van der Waals surface area contributed by atoms with Crippen LogP contribution in [-0.4, -0.2) is 29.5 Å². The lowest BCUT2D eigenvalue weighted by Gasteiger charge is -2.28. The zero-order chi connectivity index (χ0) is 13.1. The molecule has 100 valence electrons. The standard InChI is InChI=1S/C15H19N3O/c1-11(12-6-8-19-9-7-12)17-15-14-5-3-2-4-13(14)10-16-18-15/h2-5,10-12H,6-9H2,1H3,(H,17,18). The topological polar surface area (TPSA) is 47.0 Å². The van der Waals surface area contributed by atoms with Crippen molar-refractivity contribution < 1.29 is 4.74 Å². The van der Waals surface area contributed by atoms with Gasteiger partial charge in [0.1, 0.15) is 0 Å². The summed E-state index contributed by atoms with van der Waals surface area (Å²) in [5.74, 6) is 1.53. The highest BCUT2D eigenvalue weighted by Crippen LogP contribution is 2.24. The van der Waals surface area contributed by atoms with Crippen molar-refractivity contribution in [1.29, 1.82) is 0 Å². The maximum Gasteiger partial charge on any atom is 0.156 e. The third-order valence-electron chi connectivity index (χ3n) is 3.91. The van der Waals surface area contributed by atoms with Crippen LogP contribution in [0.2, 0.25) is 0 Å². The fourth-order valence-electron chi connectivity index (χ4n) is 2.68. The van der Waals surface area contributed by atoms with Crippen LogP contribution in [0.1, 0.15) is 19.8 Å². The molecule has 1 saturated heterocycles. The zero-order valence-corrected chi connectivity index (χ0v) is 11.2. The lowest BCUT2D eigenvalue weighted by molar-refractivity contribution is 0.0622. The summed E-state index contributed by atoms with van der Waals surface area (Å²) in [5, 5.41) is 14.1. The number of nitrogens with zero attached hydrogens (tertiary/aromatic N) is 2.